The van der Waals surface area contributed by atoms with Crippen molar-refractivity contribution in [2.24, 2.45) is 5.73 Å². The van der Waals surface area contributed by atoms with Gasteiger partial charge in [-0.05, 0) is 46.3 Å². The number of nitrogens with two attached hydrogens (primary N) is 1. The molecule has 0 atom stereocenters. The Morgan fingerprint density at radius 2 is 2.14 bits per heavy atom. The number of benzene rings is 2. The van der Waals surface area contributed by atoms with Gasteiger partial charge in [-0.1, -0.05) is 29.9 Å². The maximum atomic E-state index is 6.22. The highest BCUT2D eigenvalue weighted by molar-refractivity contribution is 9.10. The van der Waals surface area contributed by atoms with Crippen molar-refractivity contribution >= 4 is 50.4 Å². The number of hydrogen-bond acceptors (Lipinski definition) is 3. The maximum absolute atomic E-state index is 6.22. The van der Waals surface area contributed by atoms with Crippen molar-refractivity contribution in [1.29, 1.82) is 0 Å². The molecule has 0 heterocycles. The zero-order valence-corrected chi connectivity index (χ0v) is 14.5. The van der Waals surface area contributed by atoms with Gasteiger partial charge >= 0.3 is 0 Å². The van der Waals surface area contributed by atoms with Crippen LogP contribution in [0.2, 0.25) is 5.02 Å². The predicted octanol–water partition coefficient (Wildman–Crippen LogP) is 4.36. The molecule has 0 spiro atoms. The molecule has 6 heteroatoms. The summed E-state index contributed by atoms with van der Waals surface area (Å²) >= 11 is 14.7. The fourth-order valence-corrected chi connectivity index (χ4v) is 2.78. The lowest BCUT2D eigenvalue weighted by molar-refractivity contribution is 0.410. The first kappa shape index (κ1) is 16.1. The van der Waals surface area contributed by atoms with E-state index in [2.05, 4.69) is 21.2 Å². The lowest BCUT2D eigenvalue weighted by atomic mass is 10.1. The summed E-state index contributed by atoms with van der Waals surface area (Å²) in [6.07, 6.45) is 0. The van der Waals surface area contributed by atoms with Crippen LogP contribution in [-0.4, -0.2) is 12.1 Å². The summed E-state index contributed by atoms with van der Waals surface area (Å²) < 4.78 is 6.21. The summed E-state index contributed by atoms with van der Waals surface area (Å²) in [5.74, 6) is 0.755. The molecule has 110 valence electrons. The lowest BCUT2D eigenvalue weighted by Crippen LogP contribution is -2.09. The Hall–Kier alpha value is -1.30. The Balaban J connectivity index is 2.19. The third kappa shape index (κ3) is 3.87. The highest BCUT2D eigenvalue weighted by Gasteiger charge is 2.09. The lowest BCUT2D eigenvalue weighted by Gasteiger charge is -2.13. The summed E-state index contributed by atoms with van der Waals surface area (Å²) in [5.41, 5.74) is 8.27. The van der Waals surface area contributed by atoms with E-state index in [1.807, 2.05) is 36.4 Å². The number of nitrogens with one attached hydrogen (secondary N) is 1. The summed E-state index contributed by atoms with van der Waals surface area (Å²) in [4.78, 5) is 0.370. The van der Waals surface area contributed by atoms with E-state index in [4.69, 9.17) is 34.3 Å². The van der Waals surface area contributed by atoms with Gasteiger partial charge in [0.2, 0.25) is 0 Å². The summed E-state index contributed by atoms with van der Waals surface area (Å²) in [6.45, 7) is 0.549. The minimum Gasteiger partial charge on any atom is -0.496 e. The van der Waals surface area contributed by atoms with Crippen LogP contribution in [0.4, 0.5) is 5.69 Å². The van der Waals surface area contributed by atoms with Crippen LogP contribution >= 0.6 is 39.7 Å². The van der Waals surface area contributed by atoms with Crippen molar-refractivity contribution in [3.05, 3.63) is 57.0 Å². The minimum atomic E-state index is 0.370. The van der Waals surface area contributed by atoms with Crippen molar-refractivity contribution in [3.63, 3.8) is 0 Å². The van der Waals surface area contributed by atoms with E-state index in [-0.39, 0.29) is 0 Å². The molecule has 0 aliphatic carbocycles. The molecule has 3 nitrogen and oxygen atoms in total. The Bertz CT molecular complexity index is 679. The second-order valence-electron chi connectivity index (χ2n) is 4.33. The smallest absolute Gasteiger partial charge is 0.125 e. The van der Waals surface area contributed by atoms with Crippen LogP contribution in [0.1, 0.15) is 11.1 Å². The fraction of sp³-hybridized carbons (Fsp3) is 0.133. The molecule has 3 N–H and O–H groups in total. The highest BCUT2D eigenvalue weighted by Crippen LogP contribution is 2.29. The number of methoxy groups -OCH3 is 1. The van der Waals surface area contributed by atoms with Gasteiger partial charge in [0.05, 0.1) is 7.11 Å². The van der Waals surface area contributed by atoms with Gasteiger partial charge in [0.15, 0.2) is 0 Å². The second-order valence-corrected chi connectivity index (χ2v) is 6.03. The van der Waals surface area contributed by atoms with E-state index in [1.165, 1.54) is 0 Å². The molecule has 21 heavy (non-hydrogen) atoms. The van der Waals surface area contributed by atoms with Crippen molar-refractivity contribution in [2.45, 2.75) is 6.54 Å². The van der Waals surface area contributed by atoms with Gasteiger partial charge in [-0.3, -0.25) is 0 Å². The van der Waals surface area contributed by atoms with Crippen LogP contribution in [0.15, 0.2) is 40.9 Å². The molecule has 2 rings (SSSR count). The number of hydrogen-bond donors (Lipinski definition) is 2. The van der Waals surface area contributed by atoms with E-state index in [9.17, 15) is 0 Å². The van der Waals surface area contributed by atoms with Crippen molar-refractivity contribution in [1.82, 2.24) is 0 Å². The molecule has 0 aliphatic heterocycles. The average Bonchev–Trinajstić information content (AvgIpc) is 2.46. The second kappa shape index (κ2) is 7.11. The number of halogens is 2. The number of anilines is 1. The number of thiocarbonyl (C=S) groups is 1. The van der Waals surface area contributed by atoms with Crippen LogP contribution in [-0.2, 0) is 6.54 Å². The quantitative estimate of drug-likeness (QED) is 0.751. The van der Waals surface area contributed by atoms with Crippen LogP contribution in [0.3, 0.4) is 0 Å². The third-order valence-corrected chi connectivity index (χ3v) is 4.25. The van der Waals surface area contributed by atoms with Gasteiger partial charge in [0, 0.05) is 32.9 Å². The predicted molar refractivity (Wildman–Crippen MR) is 95.4 cm³/mol. The SMILES string of the molecule is COc1cccc(Cl)c1CNc1ccc(C(N)=S)cc1Br. The third-order valence-electron chi connectivity index (χ3n) is 3.01. The Kier molecular flexibility index (Phi) is 5.45. The first-order valence-electron chi connectivity index (χ1n) is 6.17. The van der Waals surface area contributed by atoms with Gasteiger partial charge in [-0.2, -0.15) is 0 Å². The topological polar surface area (TPSA) is 47.3 Å². The Morgan fingerprint density at radius 3 is 2.76 bits per heavy atom. The molecule has 0 saturated carbocycles. The summed E-state index contributed by atoms with van der Waals surface area (Å²) in [6, 6.07) is 11.3. The molecule has 0 radical (unpaired) electrons. The van der Waals surface area contributed by atoms with E-state index in [1.54, 1.807) is 7.11 Å². The van der Waals surface area contributed by atoms with Gasteiger partial charge in [0.1, 0.15) is 10.7 Å². The fourth-order valence-electron chi connectivity index (χ4n) is 1.90. The molecule has 0 unspecified atom stereocenters. The largest absolute Gasteiger partial charge is 0.496 e. The molecule has 0 amide bonds. The van der Waals surface area contributed by atoms with Gasteiger partial charge < -0.3 is 15.8 Å². The molecule has 2 aromatic carbocycles. The van der Waals surface area contributed by atoms with Crippen molar-refractivity contribution in [2.75, 3.05) is 12.4 Å². The van der Waals surface area contributed by atoms with Crippen LogP contribution in [0.25, 0.3) is 0 Å². The monoisotopic (exact) mass is 384 g/mol. The van der Waals surface area contributed by atoms with E-state index >= 15 is 0 Å². The van der Waals surface area contributed by atoms with Crippen LogP contribution in [0.5, 0.6) is 5.75 Å². The molecular weight excluding hydrogens is 372 g/mol. The molecule has 0 aliphatic rings. The van der Waals surface area contributed by atoms with E-state index in [0.29, 0.717) is 16.6 Å². The van der Waals surface area contributed by atoms with Crippen LogP contribution < -0.4 is 15.8 Å². The normalized spacial score (nSPS) is 10.2. The van der Waals surface area contributed by atoms with Crippen molar-refractivity contribution < 1.29 is 4.74 Å². The Labute approximate surface area is 142 Å². The number of rotatable bonds is 5. The highest BCUT2D eigenvalue weighted by atomic mass is 79.9. The summed E-state index contributed by atoms with van der Waals surface area (Å²) in [5, 5.41) is 3.98. The van der Waals surface area contributed by atoms with E-state index in [0.717, 1.165) is 27.0 Å². The maximum Gasteiger partial charge on any atom is 0.125 e. The van der Waals surface area contributed by atoms with Crippen LogP contribution in [0, 0.1) is 0 Å². The van der Waals surface area contributed by atoms with Gasteiger partial charge in [-0.25, -0.2) is 0 Å². The molecular formula is C15H14BrClN2OS. The van der Waals surface area contributed by atoms with Crippen molar-refractivity contribution in [3.8, 4) is 5.75 Å². The van der Waals surface area contributed by atoms with E-state index < -0.39 is 0 Å². The zero-order valence-electron chi connectivity index (χ0n) is 11.3. The first-order valence-corrected chi connectivity index (χ1v) is 7.75. The minimum absolute atomic E-state index is 0.370. The standard InChI is InChI=1S/C15H14BrClN2OS/c1-20-14-4-2-3-12(17)10(14)8-19-13-6-5-9(15(18)21)7-11(13)16/h2-7,19H,8H2,1H3,(H2,18,21). The average molecular weight is 386 g/mol. The first-order chi connectivity index (χ1) is 10.0. The molecule has 0 fully saturated rings. The number of ether oxygens (including phenoxy) is 1. The van der Waals surface area contributed by atoms with Gasteiger partial charge in [-0.15, -0.1) is 0 Å². The zero-order chi connectivity index (χ0) is 15.4. The van der Waals surface area contributed by atoms with Gasteiger partial charge in [0.25, 0.3) is 0 Å². The summed E-state index contributed by atoms with van der Waals surface area (Å²) in [7, 11) is 1.63. The molecule has 0 bridgehead atoms. The Morgan fingerprint density at radius 1 is 1.38 bits per heavy atom. The molecule has 0 aromatic heterocycles. The molecule has 0 saturated heterocycles. The molecule has 2 aromatic rings.